The first kappa shape index (κ1) is 25.2. The van der Waals surface area contributed by atoms with E-state index in [2.05, 4.69) is 10.3 Å². The third-order valence-electron chi connectivity index (χ3n) is 4.42. The Balaban J connectivity index is 0.000000451. The Morgan fingerprint density at radius 1 is 1.25 bits per heavy atom. The highest BCUT2D eigenvalue weighted by Crippen LogP contribution is 2.33. The van der Waals surface area contributed by atoms with Crippen molar-refractivity contribution in [3.05, 3.63) is 29.5 Å². The number of aryl methyl sites for hydroxylation is 1. The summed E-state index contributed by atoms with van der Waals surface area (Å²) in [5.41, 5.74) is 7.37. The number of benzene rings is 1. The van der Waals surface area contributed by atoms with Gasteiger partial charge < -0.3 is 25.6 Å². The summed E-state index contributed by atoms with van der Waals surface area (Å²) in [5, 5.41) is 11.3. The fraction of sp³-hybridized carbons (Fsp3) is 0.476. The number of pyridine rings is 1. The lowest BCUT2D eigenvalue weighted by atomic mass is 10.1. The maximum atomic E-state index is 11.8. The van der Waals surface area contributed by atoms with E-state index in [1.54, 1.807) is 6.07 Å². The molecular formula is C21H26F3N3O5. The Kier molecular flexibility index (Phi) is 8.25. The van der Waals surface area contributed by atoms with Crippen LogP contribution in [0.1, 0.15) is 42.7 Å². The van der Waals surface area contributed by atoms with Crippen LogP contribution in [-0.4, -0.2) is 53.4 Å². The fourth-order valence-electron chi connectivity index (χ4n) is 3.09. The number of piperidine rings is 1. The van der Waals surface area contributed by atoms with E-state index in [0.29, 0.717) is 16.8 Å². The molecule has 1 atom stereocenters. The predicted molar refractivity (Wildman–Crippen MR) is 111 cm³/mol. The molecule has 1 amide bonds. The van der Waals surface area contributed by atoms with E-state index in [-0.39, 0.29) is 12.2 Å². The second kappa shape index (κ2) is 10.5. The molecule has 11 heteroatoms. The molecule has 1 aromatic carbocycles. The predicted octanol–water partition coefficient (Wildman–Crippen LogP) is 3.19. The van der Waals surface area contributed by atoms with Crippen molar-refractivity contribution in [1.82, 2.24) is 10.3 Å². The molecule has 32 heavy (non-hydrogen) atoms. The number of fused-ring (bicyclic) bond motifs is 1. The molecule has 176 valence electrons. The number of alkyl halides is 3. The van der Waals surface area contributed by atoms with E-state index in [4.69, 9.17) is 25.1 Å². The first-order valence-electron chi connectivity index (χ1n) is 9.97. The number of carboxylic acid groups (broad SMARTS) is 1. The van der Waals surface area contributed by atoms with Gasteiger partial charge >= 0.3 is 12.1 Å². The van der Waals surface area contributed by atoms with Gasteiger partial charge in [-0.2, -0.15) is 13.2 Å². The number of amides is 1. The van der Waals surface area contributed by atoms with Gasteiger partial charge in [0.15, 0.2) is 0 Å². The Labute approximate surface area is 182 Å². The molecule has 0 bridgehead atoms. The maximum absolute atomic E-state index is 11.8. The molecule has 0 spiro atoms. The van der Waals surface area contributed by atoms with Gasteiger partial charge in [0.2, 0.25) is 0 Å². The summed E-state index contributed by atoms with van der Waals surface area (Å²) in [4.78, 5) is 25.2. The molecule has 1 fully saturated rings. The lowest BCUT2D eigenvalue weighted by Gasteiger charge is -2.25. The third-order valence-corrected chi connectivity index (χ3v) is 4.42. The number of hydrogen-bond donors (Lipinski definition) is 3. The Hall–Kier alpha value is -3.08. The number of nitrogens with two attached hydrogens (primary N) is 1. The molecule has 1 aliphatic heterocycles. The summed E-state index contributed by atoms with van der Waals surface area (Å²) in [6, 6.07) is 5.43. The monoisotopic (exact) mass is 457 g/mol. The van der Waals surface area contributed by atoms with Gasteiger partial charge in [0.1, 0.15) is 17.6 Å². The molecular weight excluding hydrogens is 431 g/mol. The minimum absolute atomic E-state index is 0.0686. The van der Waals surface area contributed by atoms with Gasteiger partial charge in [-0.25, -0.2) is 4.79 Å². The van der Waals surface area contributed by atoms with E-state index in [1.165, 1.54) is 0 Å². The number of nitrogens with one attached hydrogen (secondary N) is 1. The first-order chi connectivity index (χ1) is 14.9. The van der Waals surface area contributed by atoms with Crippen molar-refractivity contribution in [2.24, 2.45) is 5.73 Å². The van der Waals surface area contributed by atoms with Crippen LogP contribution in [0.25, 0.3) is 10.9 Å². The summed E-state index contributed by atoms with van der Waals surface area (Å²) >= 11 is 0. The standard InChI is InChI=1S/C19H25N3O3.C2HF3O2/c1-11(2)24-18-9-14-16(8-15(18)19(20)23)22-12(3)7-17(14)25-13-5-4-6-21-10-13;3-2(4,5)1(6)7/h7-9,11,13,21H,4-6,10H2,1-3H3,(H2,20,23);(H,6,7)/t13-;/m1./s1. The molecule has 8 nitrogen and oxygen atoms in total. The topological polar surface area (TPSA) is 124 Å². The van der Waals surface area contributed by atoms with Gasteiger partial charge in [-0.3, -0.25) is 9.78 Å². The quantitative estimate of drug-likeness (QED) is 0.630. The SMILES string of the molecule is Cc1cc(O[C@@H]2CCCNC2)c2cc(OC(C)C)c(C(N)=O)cc2n1.O=C(O)C(F)(F)F. The molecule has 0 radical (unpaired) electrons. The van der Waals surface area contributed by atoms with Crippen molar-refractivity contribution < 1.29 is 37.3 Å². The van der Waals surface area contributed by atoms with Gasteiger partial charge in [-0.1, -0.05) is 0 Å². The van der Waals surface area contributed by atoms with E-state index in [9.17, 15) is 18.0 Å². The summed E-state index contributed by atoms with van der Waals surface area (Å²) < 4.78 is 43.8. The number of aromatic nitrogens is 1. The smallest absolute Gasteiger partial charge is 0.490 e. The third kappa shape index (κ3) is 6.98. The zero-order valence-electron chi connectivity index (χ0n) is 18.0. The van der Waals surface area contributed by atoms with Crippen LogP contribution in [-0.2, 0) is 4.79 Å². The van der Waals surface area contributed by atoms with Crippen LogP contribution in [0.4, 0.5) is 13.2 Å². The average Bonchev–Trinajstić information content (AvgIpc) is 2.68. The minimum atomic E-state index is -5.08. The van der Waals surface area contributed by atoms with Crippen molar-refractivity contribution >= 4 is 22.8 Å². The normalized spacial score (nSPS) is 16.3. The number of carbonyl (C=O) groups is 2. The largest absolute Gasteiger partial charge is 0.490 e. The Bertz CT molecular complexity index is 973. The van der Waals surface area contributed by atoms with E-state index in [1.807, 2.05) is 32.9 Å². The van der Waals surface area contributed by atoms with E-state index < -0.39 is 18.1 Å². The van der Waals surface area contributed by atoms with Crippen LogP contribution in [0.2, 0.25) is 0 Å². The van der Waals surface area contributed by atoms with Crippen LogP contribution >= 0.6 is 0 Å². The summed E-state index contributed by atoms with van der Waals surface area (Å²) in [5.74, 6) is -2.06. The van der Waals surface area contributed by atoms with Gasteiger partial charge in [0.05, 0.1) is 17.2 Å². The fourth-order valence-corrected chi connectivity index (χ4v) is 3.09. The number of nitrogens with zero attached hydrogens (tertiary/aromatic N) is 1. The number of aliphatic carboxylic acids is 1. The van der Waals surface area contributed by atoms with E-state index >= 15 is 0 Å². The van der Waals surface area contributed by atoms with Crippen LogP contribution in [0.3, 0.4) is 0 Å². The molecule has 0 aliphatic carbocycles. The number of carboxylic acids is 1. The zero-order chi connectivity index (χ0) is 24.1. The Morgan fingerprint density at radius 2 is 1.91 bits per heavy atom. The Morgan fingerprint density at radius 3 is 2.41 bits per heavy atom. The van der Waals surface area contributed by atoms with Gasteiger partial charge in [-0.15, -0.1) is 0 Å². The number of hydrogen-bond acceptors (Lipinski definition) is 6. The average molecular weight is 457 g/mol. The number of carbonyl (C=O) groups excluding carboxylic acids is 1. The van der Waals surface area contributed by atoms with Crippen molar-refractivity contribution in [3.8, 4) is 11.5 Å². The molecule has 1 saturated heterocycles. The molecule has 1 aromatic heterocycles. The van der Waals surface area contributed by atoms with Gasteiger partial charge in [0.25, 0.3) is 5.91 Å². The minimum Gasteiger partial charge on any atom is -0.490 e. The summed E-state index contributed by atoms with van der Waals surface area (Å²) in [6.07, 6.45) is -2.91. The molecule has 0 saturated carbocycles. The van der Waals surface area contributed by atoms with Crippen molar-refractivity contribution in [2.75, 3.05) is 13.1 Å². The van der Waals surface area contributed by atoms with Gasteiger partial charge in [-0.05, 0) is 52.3 Å². The summed E-state index contributed by atoms with van der Waals surface area (Å²) in [6.45, 7) is 7.59. The van der Waals surface area contributed by atoms with Crippen molar-refractivity contribution in [1.29, 1.82) is 0 Å². The zero-order valence-corrected chi connectivity index (χ0v) is 18.0. The lowest BCUT2D eigenvalue weighted by Crippen LogP contribution is -2.37. The first-order valence-corrected chi connectivity index (χ1v) is 9.97. The van der Waals surface area contributed by atoms with E-state index in [0.717, 1.165) is 42.8 Å². The highest BCUT2D eigenvalue weighted by molar-refractivity contribution is 6.01. The highest BCUT2D eigenvalue weighted by atomic mass is 19.4. The lowest BCUT2D eigenvalue weighted by molar-refractivity contribution is -0.192. The molecule has 1 aliphatic rings. The molecule has 0 unspecified atom stereocenters. The second-order valence-electron chi connectivity index (χ2n) is 7.55. The van der Waals surface area contributed by atoms with Crippen molar-refractivity contribution in [3.63, 3.8) is 0 Å². The highest BCUT2D eigenvalue weighted by Gasteiger charge is 2.38. The maximum Gasteiger partial charge on any atom is 0.490 e. The number of primary amides is 1. The molecule has 4 N–H and O–H groups in total. The van der Waals surface area contributed by atoms with Crippen LogP contribution in [0.15, 0.2) is 18.2 Å². The van der Waals surface area contributed by atoms with Crippen LogP contribution < -0.4 is 20.5 Å². The summed E-state index contributed by atoms with van der Waals surface area (Å²) in [7, 11) is 0. The van der Waals surface area contributed by atoms with Crippen LogP contribution in [0.5, 0.6) is 11.5 Å². The number of ether oxygens (including phenoxy) is 2. The van der Waals surface area contributed by atoms with Crippen molar-refractivity contribution in [2.45, 2.75) is 52.0 Å². The molecule has 2 heterocycles. The molecule has 3 rings (SSSR count). The van der Waals surface area contributed by atoms with Gasteiger partial charge in [0, 0.05) is 23.7 Å². The number of rotatable bonds is 5. The van der Waals surface area contributed by atoms with Crippen LogP contribution in [0, 0.1) is 6.92 Å². The second-order valence-corrected chi connectivity index (χ2v) is 7.55. The molecule has 2 aromatic rings. The number of halogens is 3.